The van der Waals surface area contributed by atoms with Gasteiger partial charge in [-0.15, -0.1) is 10.2 Å². The lowest BCUT2D eigenvalue weighted by Crippen LogP contribution is -1.96. The van der Waals surface area contributed by atoms with Gasteiger partial charge in [0.15, 0.2) is 11.5 Å². The highest BCUT2D eigenvalue weighted by Crippen LogP contribution is 2.32. The molecule has 26 heavy (non-hydrogen) atoms. The number of fused-ring (bicyclic) bond motifs is 1. The minimum Gasteiger partial charge on any atom is -0.281 e. The van der Waals surface area contributed by atoms with E-state index in [-0.39, 0.29) is 16.3 Å². The van der Waals surface area contributed by atoms with Gasteiger partial charge in [0, 0.05) is 22.1 Å². The molecule has 0 amide bonds. The van der Waals surface area contributed by atoms with Gasteiger partial charge in [0.1, 0.15) is 23.3 Å². The van der Waals surface area contributed by atoms with Crippen molar-refractivity contribution in [1.82, 2.24) is 14.6 Å². The largest absolute Gasteiger partial charge is 0.281 e. The first kappa shape index (κ1) is 16.6. The quantitative estimate of drug-likeness (QED) is 0.467. The van der Waals surface area contributed by atoms with Gasteiger partial charge in [-0.2, -0.15) is 0 Å². The molecule has 0 saturated carbocycles. The monoisotopic (exact) mass is 375 g/mol. The molecule has 2 heterocycles. The van der Waals surface area contributed by atoms with Crippen LogP contribution in [0.15, 0.2) is 64.5 Å². The molecule has 2 aromatic heterocycles. The van der Waals surface area contributed by atoms with Crippen LogP contribution < -0.4 is 0 Å². The fraction of sp³-hybridized carbons (Fsp3) is 0. The summed E-state index contributed by atoms with van der Waals surface area (Å²) in [5, 5.41) is 7.77. The number of hydrogen-bond donors (Lipinski definition) is 0. The summed E-state index contributed by atoms with van der Waals surface area (Å²) in [5.74, 6) is -2.89. The van der Waals surface area contributed by atoms with Crippen LogP contribution >= 0.6 is 11.8 Å². The third-order valence-electron chi connectivity index (χ3n) is 3.68. The van der Waals surface area contributed by atoms with Gasteiger partial charge in [0.2, 0.25) is 0 Å². The second-order valence-electron chi connectivity index (χ2n) is 5.39. The van der Waals surface area contributed by atoms with Crippen LogP contribution in [0.3, 0.4) is 0 Å². The molecular formula is C18H9F4N3S. The second-order valence-corrected chi connectivity index (χ2v) is 6.51. The molecule has 0 fully saturated rings. The van der Waals surface area contributed by atoms with Gasteiger partial charge >= 0.3 is 0 Å². The van der Waals surface area contributed by atoms with Crippen LogP contribution in [0.5, 0.6) is 0 Å². The van der Waals surface area contributed by atoms with E-state index in [0.717, 1.165) is 36.0 Å². The summed E-state index contributed by atoms with van der Waals surface area (Å²) in [4.78, 5) is 0.790. The fourth-order valence-corrected chi connectivity index (χ4v) is 3.34. The van der Waals surface area contributed by atoms with E-state index in [9.17, 15) is 17.6 Å². The van der Waals surface area contributed by atoms with Crippen molar-refractivity contribution in [3.8, 4) is 11.4 Å². The molecule has 130 valence electrons. The predicted octanol–water partition coefficient (Wildman–Crippen LogP) is 5.10. The van der Waals surface area contributed by atoms with Crippen LogP contribution in [0, 0.1) is 23.3 Å². The van der Waals surface area contributed by atoms with Crippen molar-refractivity contribution in [2.24, 2.45) is 0 Å². The Bertz CT molecular complexity index is 1110. The molecule has 2 aromatic carbocycles. The van der Waals surface area contributed by atoms with Gasteiger partial charge in [-0.3, -0.25) is 4.40 Å². The third kappa shape index (κ3) is 2.92. The molecule has 4 aromatic rings. The van der Waals surface area contributed by atoms with Crippen LogP contribution in [-0.4, -0.2) is 14.6 Å². The Balaban J connectivity index is 1.80. The molecule has 0 bridgehead atoms. The zero-order valence-electron chi connectivity index (χ0n) is 13.0. The zero-order chi connectivity index (χ0) is 18.3. The smallest absolute Gasteiger partial charge is 0.174 e. The molecule has 0 unspecified atom stereocenters. The Morgan fingerprint density at radius 3 is 2.31 bits per heavy atom. The lowest BCUT2D eigenvalue weighted by molar-refractivity contribution is 0.565. The van der Waals surface area contributed by atoms with Gasteiger partial charge in [-0.1, -0.05) is 17.8 Å². The highest BCUT2D eigenvalue weighted by molar-refractivity contribution is 7.99. The molecule has 3 nitrogen and oxygen atoms in total. The molecule has 0 N–H and O–H groups in total. The van der Waals surface area contributed by atoms with Crippen molar-refractivity contribution in [1.29, 1.82) is 0 Å². The molecular weight excluding hydrogens is 366 g/mol. The molecule has 0 radical (unpaired) electrons. The molecule has 0 aliphatic heterocycles. The van der Waals surface area contributed by atoms with E-state index in [1.165, 1.54) is 16.5 Å². The number of pyridine rings is 1. The number of hydrogen-bond acceptors (Lipinski definition) is 3. The standard InChI is InChI=1S/C18H9F4N3S/c19-10-4-6-15(14(22)8-10)26-11-5-7-16-23-24-18(25(16)9-11)17-12(20)2-1-3-13(17)21/h1-9H. The Kier molecular flexibility index (Phi) is 4.12. The highest BCUT2D eigenvalue weighted by Gasteiger charge is 2.17. The first-order valence-corrected chi connectivity index (χ1v) is 8.26. The van der Waals surface area contributed by atoms with Gasteiger partial charge < -0.3 is 0 Å². The van der Waals surface area contributed by atoms with E-state index < -0.39 is 23.3 Å². The van der Waals surface area contributed by atoms with E-state index in [0.29, 0.717) is 10.5 Å². The van der Waals surface area contributed by atoms with Crippen molar-refractivity contribution >= 4 is 17.4 Å². The highest BCUT2D eigenvalue weighted by atomic mass is 32.2. The summed E-state index contributed by atoms with van der Waals surface area (Å²) in [5.41, 5.74) is 0.0849. The first-order valence-electron chi connectivity index (χ1n) is 7.45. The third-order valence-corrected chi connectivity index (χ3v) is 4.71. The van der Waals surface area contributed by atoms with E-state index in [4.69, 9.17) is 0 Å². The Hall–Kier alpha value is -2.87. The summed E-state index contributed by atoms with van der Waals surface area (Å²) in [7, 11) is 0. The Morgan fingerprint density at radius 2 is 1.58 bits per heavy atom. The van der Waals surface area contributed by atoms with Gasteiger partial charge in [0.05, 0.1) is 5.56 Å². The van der Waals surface area contributed by atoms with Crippen LogP contribution in [0.2, 0.25) is 0 Å². The second kappa shape index (κ2) is 6.45. The van der Waals surface area contributed by atoms with E-state index >= 15 is 0 Å². The molecule has 0 saturated heterocycles. The van der Waals surface area contributed by atoms with Crippen molar-refractivity contribution in [3.05, 3.63) is 78.0 Å². The number of halogens is 4. The number of aromatic nitrogens is 3. The lowest BCUT2D eigenvalue weighted by Gasteiger charge is -2.06. The average molecular weight is 375 g/mol. The van der Waals surface area contributed by atoms with Crippen LogP contribution in [0.1, 0.15) is 0 Å². The van der Waals surface area contributed by atoms with Crippen molar-refractivity contribution < 1.29 is 17.6 Å². The van der Waals surface area contributed by atoms with Crippen LogP contribution in [0.4, 0.5) is 17.6 Å². The van der Waals surface area contributed by atoms with E-state index in [1.54, 1.807) is 18.3 Å². The number of benzene rings is 2. The van der Waals surface area contributed by atoms with Crippen LogP contribution in [0.25, 0.3) is 17.0 Å². The zero-order valence-corrected chi connectivity index (χ0v) is 13.8. The van der Waals surface area contributed by atoms with E-state index in [1.807, 2.05) is 0 Å². The molecule has 0 atom stereocenters. The minimum absolute atomic E-state index is 0.00220. The average Bonchev–Trinajstić information content (AvgIpc) is 3.00. The normalized spacial score (nSPS) is 11.2. The number of nitrogens with zero attached hydrogens (tertiary/aromatic N) is 3. The summed E-state index contributed by atoms with van der Waals surface area (Å²) in [6.45, 7) is 0. The van der Waals surface area contributed by atoms with Crippen LogP contribution in [-0.2, 0) is 0 Å². The Labute approximate surface area is 149 Å². The maximum atomic E-state index is 14.1. The number of rotatable bonds is 3. The predicted molar refractivity (Wildman–Crippen MR) is 88.8 cm³/mol. The molecule has 4 rings (SSSR count). The van der Waals surface area contributed by atoms with Crippen molar-refractivity contribution in [2.75, 3.05) is 0 Å². The summed E-state index contributed by atoms with van der Waals surface area (Å²) >= 11 is 1.05. The van der Waals surface area contributed by atoms with E-state index in [2.05, 4.69) is 10.2 Å². The van der Waals surface area contributed by atoms with Crippen molar-refractivity contribution in [3.63, 3.8) is 0 Å². The maximum absolute atomic E-state index is 14.1. The fourth-order valence-electron chi connectivity index (χ4n) is 2.50. The maximum Gasteiger partial charge on any atom is 0.174 e. The Morgan fingerprint density at radius 1 is 0.808 bits per heavy atom. The SMILES string of the molecule is Fc1ccc(Sc2ccc3nnc(-c4c(F)cccc4F)n3c2)c(F)c1. The topological polar surface area (TPSA) is 30.2 Å². The summed E-state index contributed by atoms with van der Waals surface area (Å²) in [6, 6.07) is 10.1. The first-order chi connectivity index (χ1) is 12.5. The summed E-state index contributed by atoms with van der Waals surface area (Å²) < 4.78 is 56.4. The molecule has 8 heteroatoms. The van der Waals surface area contributed by atoms with Gasteiger partial charge in [-0.25, -0.2) is 17.6 Å². The van der Waals surface area contributed by atoms with Crippen molar-refractivity contribution in [2.45, 2.75) is 9.79 Å². The van der Waals surface area contributed by atoms with Gasteiger partial charge in [-0.05, 0) is 36.4 Å². The molecule has 0 aliphatic carbocycles. The lowest BCUT2D eigenvalue weighted by atomic mass is 10.2. The summed E-state index contributed by atoms with van der Waals surface area (Å²) in [6.07, 6.45) is 1.55. The molecule has 0 spiro atoms. The minimum atomic E-state index is -0.762. The molecule has 0 aliphatic rings. The van der Waals surface area contributed by atoms with Gasteiger partial charge in [0.25, 0.3) is 0 Å².